The molecule has 0 amide bonds. The first-order valence-corrected chi connectivity index (χ1v) is 7.84. The Morgan fingerprint density at radius 3 is 2.50 bits per heavy atom. The van der Waals surface area contributed by atoms with Crippen molar-refractivity contribution in [2.75, 3.05) is 0 Å². The number of nitrogens with zero attached hydrogens (tertiary/aromatic N) is 1. The minimum atomic E-state index is -1.02. The quantitative estimate of drug-likeness (QED) is 0.678. The van der Waals surface area contributed by atoms with Crippen LogP contribution in [0.1, 0.15) is 34.6 Å². The maximum Gasteiger partial charge on any atom is 0.310 e. The number of aliphatic carboxylic acids is 1. The molecule has 0 aliphatic rings. The van der Waals surface area contributed by atoms with Gasteiger partial charge in [0.1, 0.15) is 5.69 Å². The van der Waals surface area contributed by atoms with E-state index >= 15 is 0 Å². The molecule has 2 N–H and O–H groups in total. The maximum atomic E-state index is 12.8. The molecule has 3 aromatic rings. The molecule has 0 saturated carbocycles. The minimum absolute atomic E-state index is 0.177. The number of carbonyl (C=O) groups excluding carboxylic acids is 1. The van der Waals surface area contributed by atoms with E-state index < -0.39 is 17.7 Å². The molecule has 3 rings (SSSR count). The number of carboxylic acid groups (broad SMARTS) is 1. The van der Waals surface area contributed by atoms with Crippen LogP contribution in [0.25, 0.3) is 10.9 Å². The molecule has 0 aliphatic heterocycles. The van der Waals surface area contributed by atoms with Crippen molar-refractivity contribution >= 4 is 45.9 Å². The van der Waals surface area contributed by atoms with Crippen molar-refractivity contribution in [2.45, 2.75) is 12.8 Å². The largest absolute Gasteiger partial charge is 0.481 e. The van der Waals surface area contributed by atoms with Gasteiger partial charge < -0.3 is 10.1 Å². The fourth-order valence-electron chi connectivity index (χ4n) is 2.58. The van der Waals surface area contributed by atoms with Gasteiger partial charge in [0.05, 0.1) is 16.6 Å². The summed E-state index contributed by atoms with van der Waals surface area (Å²) in [7, 11) is 0. The molecular formula is C17H12Cl2N2O3. The second kappa shape index (κ2) is 6.26. The van der Waals surface area contributed by atoms with E-state index in [1.54, 1.807) is 24.3 Å². The third kappa shape index (κ3) is 2.88. The fourth-order valence-corrected chi connectivity index (χ4v) is 2.87. The molecule has 2 aromatic heterocycles. The van der Waals surface area contributed by atoms with Gasteiger partial charge in [-0.15, -0.1) is 0 Å². The van der Waals surface area contributed by atoms with Crippen molar-refractivity contribution in [2.24, 2.45) is 0 Å². The molecule has 1 unspecified atom stereocenters. The summed E-state index contributed by atoms with van der Waals surface area (Å²) in [6, 6.07) is 8.07. The molecule has 7 heteroatoms. The number of fused-ring (bicyclic) bond motifs is 1. The summed E-state index contributed by atoms with van der Waals surface area (Å²) in [4.78, 5) is 31.3. The van der Waals surface area contributed by atoms with E-state index in [1.807, 2.05) is 0 Å². The van der Waals surface area contributed by atoms with Gasteiger partial charge in [-0.3, -0.25) is 14.6 Å². The van der Waals surface area contributed by atoms with Gasteiger partial charge in [0.2, 0.25) is 5.78 Å². The average molecular weight is 363 g/mol. The molecule has 24 heavy (non-hydrogen) atoms. The molecule has 0 saturated heterocycles. The second-order valence-corrected chi connectivity index (χ2v) is 6.23. The van der Waals surface area contributed by atoms with Crippen LogP contribution >= 0.6 is 23.2 Å². The van der Waals surface area contributed by atoms with Crippen molar-refractivity contribution in [3.8, 4) is 0 Å². The monoisotopic (exact) mass is 362 g/mol. The maximum absolute atomic E-state index is 12.8. The summed E-state index contributed by atoms with van der Waals surface area (Å²) in [6.45, 7) is 1.53. The molecule has 122 valence electrons. The lowest BCUT2D eigenvalue weighted by atomic mass is 9.95. The van der Waals surface area contributed by atoms with Gasteiger partial charge in [-0.1, -0.05) is 29.3 Å². The number of benzene rings is 1. The fraction of sp³-hybridized carbons (Fsp3) is 0.118. The molecule has 2 heterocycles. The van der Waals surface area contributed by atoms with Crippen LogP contribution in [0.3, 0.4) is 0 Å². The first-order chi connectivity index (χ1) is 11.4. The van der Waals surface area contributed by atoms with Crippen LogP contribution in [0, 0.1) is 0 Å². The van der Waals surface area contributed by atoms with Gasteiger partial charge in [0.15, 0.2) is 0 Å². The number of carbonyl (C=O) groups is 2. The number of carboxylic acids is 1. The minimum Gasteiger partial charge on any atom is -0.481 e. The Kier molecular flexibility index (Phi) is 4.30. The highest BCUT2D eigenvalue weighted by Crippen LogP contribution is 2.32. The van der Waals surface area contributed by atoms with Gasteiger partial charge in [-0.25, -0.2) is 0 Å². The van der Waals surface area contributed by atoms with Gasteiger partial charge in [0.25, 0.3) is 0 Å². The molecule has 0 aliphatic carbocycles. The summed E-state index contributed by atoms with van der Waals surface area (Å²) in [5, 5.41) is 10.9. The molecule has 0 fully saturated rings. The zero-order valence-electron chi connectivity index (χ0n) is 12.5. The summed E-state index contributed by atoms with van der Waals surface area (Å²) in [5.41, 5.74) is 1.38. The normalized spacial score (nSPS) is 12.3. The van der Waals surface area contributed by atoms with Gasteiger partial charge in [-0.2, -0.15) is 0 Å². The summed E-state index contributed by atoms with van der Waals surface area (Å²) in [6.07, 6.45) is 1.37. The van der Waals surface area contributed by atoms with Gasteiger partial charge >= 0.3 is 5.97 Å². The van der Waals surface area contributed by atoms with E-state index in [9.17, 15) is 14.7 Å². The van der Waals surface area contributed by atoms with Crippen LogP contribution in [0.5, 0.6) is 0 Å². The molecule has 0 bridgehead atoms. The van der Waals surface area contributed by atoms with Crippen LogP contribution in [0.15, 0.2) is 36.5 Å². The molecule has 5 nitrogen and oxygen atoms in total. The number of pyridine rings is 1. The van der Waals surface area contributed by atoms with Crippen LogP contribution < -0.4 is 0 Å². The second-order valence-electron chi connectivity index (χ2n) is 5.35. The lowest BCUT2D eigenvalue weighted by molar-refractivity contribution is -0.138. The average Bonchev–Trinajstić information content (AvgIpc) is 2.92. The van der Waals surface area contributed by atoms with Crippen LogP contribution in [-0.2, 0) is 4.79 Å². The number of H-pyrrole nitrogens is 1. The van der Waals surface area contributed by atoms with E-state index in [0.29, 0.717) is 26.5 Å². The van der Waals surface area contributed by atoms with Crippen molar-refractivity contribution in [1.29, 1.82) is 0 Å². The summed E-state index contributed by atoms with van der Waals surface area (Å²) in [5.74, 6) is -2.29. The number of rotatable bonds is 4. The zero-order valence-corrected chi connectivity index (χ0v) is 14.0. The number of aromatic nitrogens is 2. The van der Waals surface area contributed by atoms with E-state index in [-0.39, 0.29) is 11.4 Å². The van der Waals surface area contributed by atoms with E-state index in [4.69, 9.17) is 23.2 Å². The lowest BCUT2D eigenvalue weighted by Gasteiger charge is -2.08. The molecular weight excluding hydrogens is 351 g/mol. The van der Waals surface area contributed by atoms with E-state index in [1.165, 1.54) is 19.2 Å². The lowest BCUT2D eigenvalue weighted by Crippen LogP contribution is -2.13. The van der Waals surface area contributed by atoms with Gasteiger partial charge in [-0.05, 0) is 31.2 Å². The van der Waals surface area contributed by atoms with Crippen molar-refractivity contribution < 1.29 is 14.7 Å². The first kappa shape index (κ1) is 16.5. The number of nitrogens with one attached hydrogen (secondary N) is 1. The predicted octanol–water partition coefficient (Wildman–Crippen LogP) is 4.29. The highest BCUT2D eigenvalue weighted by Gasteiger charge is 2.27. The highest BCUT2D eigenvalue weighted by atomic mass is 35.5. The van der Waals surface area contributed by atoms with Crippen molar-refractivity contribution in [3.63, 3.8) is 0 Å². The van der Waals surface area contributed by atoms with Crippen molar-refractivity contribution in [3.05, 3.63) is 63.5 Å². The Morgan fingerprint density at radius 2 is 1.88 bits per heavy atom. The Balaban J connectivity index is 2.22. The van der Waals surface area contributed by atoms with Crippen LogP contribution in [0.4, 0.5) is 0 Å². The van der Waals surface area contributed by atoms with Crippen LogP contribution in [-0.4, -0.2) is 26.8 Å². The van der Waals surface area contributed by atoms with E-state index in [2.05, 4.69) is 9.97 Å². The number of halogens is 2. The topological polar surface area (TPSA) is 83.0 Å². The summed E-state index contributed by atoms with van der Waals surface area (Å²) >= 11 is 11.8. The number of ketones is 1. The van der Waals surface area contributed by atoms with Crippen LogP contribution in [0.2, 0.25) is 10.0 Å². The third-order valence-electron chi connectivity index (χ3n) is 3.79. The van der Waals surface area contributed by atoms with Crippen molar-refractivity contribution in [1.82, 2.24) is 9.97 Å². The molecule has 0 radical (unpaired) electrons. The van der Waals surface area contributed by atoms with E-state index in [0.717, 1.165) is 0 Å². The number of hydrogen-bond donors (Lipinski definition) is 2. The summed E-state index contributed by atoms with van der Waals surface area (Å²) < 4.78 is 0. The Morgan fingerprint density at radius 1 is 1.17 bits per heavy atom. The standard InChI is InChI=1S/C17H12Cl2N2O3/c1-8(17(23)24)14-11-4-2-9(18)6-13(11)21-15(14)16(22)12-5-3-10(19)7-20-12/h2-8,21H,1H3,(H,23,24). The highest BCUT2D eigenvalue weighted by molar-refractivity contribution is 6.31. The molecule has 1 aromatic carbocycles. The van der Waals surface area contributed by atoms with Gasteiger partial charge in [0, 0.05) is 27.7 Å². The smallest absolute Gasteiger partial charge is 0.310 e. The SMILES string of the molecule is CC(C(=O)O)c1c(C(=O)c2ccc(Cl)cn2)[nH]c2cc(Cl)ccc12. The Labute approximate surface area is 147 Å². The molecule has 1 atom stereocenters. The zero-order chi connectivity index (χ0) is 17.4. The molecule has 0 spiro atoms. The number of hydrogen-bond acceptors (Lipinski definition) is 3. The predicted molar refractivity (Wildman–Crippen MR) is 92.0 cm³/mol. The Bertz CT molecular complexity index is 948. The Hall–Kier alpha value is -2.37. The first-order valence-electron chi connectivity index (χ1n) is 7.08. The third-order valence-corrected chi connectivity index (χ3v) is 4.25. The number of aromatic amines is 1.